The standard InChI is InChI=1S/C14H19N3O3/c1-18-8-4-7-15-14-10-5-6-11(19-2)13(20-3)12(10)16-9-17-14/h5-6,9H,4,7-8H2,1-3H3,(H,15,16,17). The van der Waals surface area contributed by atoms with Crippen LogP contribution in [0.4, 0.5) is 5.82 Å². The summed E-state index contributed by atoms with van der Waals surface area (Å²) in [6.07, 6.45) is 2.43. The fourth-order valence-corrected chi connectivity index (χ4v) is 2.01. The van der Waals surface area contributed by atoms with Crippen LogP contribution >= 0.6 is 0 Å². The lowest BCUT2D eigenvalue weighted by Crippen LogP contribution is -2.07. The Morgan fingerprint density at radius 2 is 1.95 bits per heavy atom. The van der Waals surface area contributed by atoms with Crippen LogP contribution in [0.1, 0.15) is 6.42 Å². The number of methoxy groups -OCH3 is 3. The summed E-state index contributed by atoms with van der Waals surface area (Å²) in [5, 5.41) is 4.19. The molecule has 0 saturated carbocycles. The highest BCUT2D eigenvalue weighted by Gasteiger charge is 2.12. The summed E-state index contributed by atoms with van der Waals surface area (Å²) in [5.74, 6) is 2.06. The molecule has 6 nitrogen and oxygen atoms in total. The molecular formula is C14H19N3O3. The van der Waals surface area contributed by atoms with Crippen molar-refractivity contribution < 1.29 is 14.2 Å². The molecule has 0 aliphatic rings. The Hall–Kier alpha value is -2.08. The first kappa shape index (κ1) is 14.3. The van der Waals surface area contributed by atoms with Crippen molar-refractivity contribution in [1.82, 2.24) is 9.97 Å². The number of anilines is 1. The van der Waals surface area contributed by atoms with E-state index in [9.17, 15) is 0 Å². The minimum atomic E-state index is 0.618. The molecule has 20 heavy (non-hydrogen) atoms. The normalized spacial score (nSPS) is 10.6. The third kappa shape index (κ3) is 2.91. The predicted molar refractivity (Wildman–Crippen MR) is 77.6 cm³/mol. The number of fused-ring (bicyclic) bond motifs is 1. The van der Waals surface area contributed by atoms with Crippen LogP contribution < -0.4 is 14.8 Å². The Morgan fingerprint density at radius 3 is 2.65 bits per heavy atom. The minimum Gasteiger partial charge on any atom is -0.493 e. The second kappa shape index (κ2) is 6.91. The highest BCUT2D eigenvalue weighted by molar-refractivity contribution is 5.94. The van der Waals surface area contributed by atoms with Gasteiger partial charge in [0.25, 0.3) is 0 Å². The second-order valence-corrected chi connectivity index (χ2v) is 4.19. The average molecular weight is 277 g/mol. The van der Waals surface area contributed by atoms with Crippen LogP contribution in [-0.2, 0) is 4.74 Å². The Kier molecular flexibility index (Phi) is 4.95. The van der Waals surface area contributed by atoms with Gasteiger partial charge in [0.1, 0.15) is 17.7 Å². The highest BCUT2D eigenvalue weighted by atomic mass is 16.5. The van der Waals surface area contributed by atoms with Crippen LogP contribution in [0.2, 0.25) is 0 Å². The van der Waals surface area contributed by atoms with Gasteiger partial charge >= 0.3 is 0 Å². The minimum absolute atomic E-state index is 0.618. The molecule has 0 aliphatic heterocycles. The zero-order chi connectivity index (χ0) is 14.4. The molecule has 1 aromatic carbocycles. The van der Waals surface area contributed by atoms with Gasteiger partial charge in [0, 0.05) is 25.6 Å². The van der Waals surface area contributed by atoms with Crippen LogP contribution in [-0.4, -0.2) is 44.4 Å². The van der Waals surface area contributed by atoms with E-state index in [1.807, 2.05) is 12.1 Å². The van der Waals surface area contributed by atoms with E-state index in [0.717, 1.165) is 29.7 Å². The van der Waals surface area contributed by atoms with Crippen LogP contribution in [0, 0.1) is 0 Å². The van der Waals surface area contributed by atoms with Gasteiger partial charge < -0.3 is 19.5 Å². The maximum absolute atomic E-state index is 5.38. The van der Waals surface area contributed by atoms with Crippen molar-refractivity contribution >= 4 is 16.7 Å². The lowest BCUT2D eigenvalue weighted by atomic mass is 10.2. The number of ether oxygens (including phenoxy) is 3. The molecule has 2 rings (SSSR count). The first-order valence-corrected chi connectivity index (χ1v) is 6.40. The first-order valence-electron chi connectivity index (χ1n) is 6.40. The SMILES string of the molecule is COCCCNc1ncnc2c(OC)c(OC)ccc12. The van der Waals surface area contributed by atoms with Crippen LogP contribution in [0.15, 0.2) is 18.5 Å². The number of hydrogen-bond donors (Lipinski definition) is 1. The summed E-state index contributed by atoms with van der Waals surface area (Å²) in [6.45, 7) is 1.50. The van der Waals surface area contributed by atoms with Crippen LogP contribution in [0.5, 0.6) is 11.5 Å². The van der Waals surface area contributed by atoms with Crippen molar-refractivity contribution in [3.63, 3.8) is 0 Å². The molecule has 1 aromatic heterocycles. The molecule has 0 spiro atoms. The number of rotatable bonds is 7. The fraction of sp³-hybridized carbons (Fsp3) is 0.429. The summed E-state index contributed by atoms with van der Waals surface area (Å²) < 4.78 is 15.7. The zero-order valence-corrected chi connectivity index (χ0v) is 12.0. The van der Waals surface area contributed by atoms with Crippen molar-refractivity contribution in [3.8, 4) is 11.5 Å². The van der Waals surface area contributed by atoms with E-state index in [4.69, 9.17) is 14.2 Å². The first-order chi connectivity index (χ1) is 9.81. The Bertz CT molecular complexity index is 575. The molecule has 0 aliphatic carbocycles. The Balaban J connectivity index is 2.32. The molecule has 1 heterocycles. The Morgan fingerprint density at radius 1 is 1.10 bits per heavy atom. The lowest BCUT2D eigenvalue weighted by Gasteiger charge is -2.12. The average Bonchev–Trinajstić information content (AvgIpc) is 2.50. The number of benzene rings is 1. The van der Waals surface area contributed by atoms with Gasteiger partial charge in [-0.15, -0.1) is 0 Å². The zero-order valence-electron chi connectivity index (χ0n) is 12.0. The van der Waals surface area contributed by atoms with Crippen molar-refractivity contribution in [1.29, 1.82) is 0 Å². The summed E-state index contributed by atoms with van der Waals surface area (Å²) in [6, 6.07) is 3.78. The van der Waals surface area contributed by atoms with Crippen molar-refractivity contribution in [2.45, 2.75) is 6.42 Å². The fourth-order valence-electron chi connectivity index (χ4n) is 2.01. The topological polar surface area (TPSA) is 65.5 Å². The Labute approximate surface area is 118 Å². The van der Waals surface area contributed by atoms with E-state index < -0.39 is 0 Å². The quantitative estimate of drug-likeness (QED) is 0.782. The molecule has 0 atom stereocenters. The third-order valence-electron chi connectivity index (χ3n) is 2.97. The predicted octanol–water partition coefficient (Wildman–Crippen LogP) is 2.10. The summed E-state index contributed by atoms with van der Waals surface area (Å²) in [4.78, 5) is 8.56. The van der Waals surface area contributed by atoms with E-state index in [0.29, 0.717) is 18.1 Å². The third-order valence-corrected chi connectivity index (χ3v) is 2.97. The number of hydrogen-bond acceptors (Lipinski definition) is 6. The maximum atomic E-state index is 5.38. The summed E-state index contributed by atoms with van der Waals surface area (Å²) in [7, 11) is 4.90. The molecular weight excluding hydrogens is 258 g/mol. The largest absolute Gasteiger partial charge is 0.493 e. The van der Waals surface area contributed by atoms with E-state index in [-0.39, 0.29) is 0 Å². The van der Waals surface area contributed by atoms with Gasteiger partial charge in [-0.25, -0.2) is 9.97 Å². The van der Waals surface area contributed by atoms with Gasteiger partial charge in [0.15, 0.2) is 11.5 Å². The van der Waals surface area contributed by atoms with Gasteiger partial charge in [-0.2, -0.15) is 0 Å². The molecule has 0 amide bonds. The number of nitrogens with one attached hydrogen (secondary N) is 1. The summed E-state index contributed by atoms with van der Waals surface area (Å²) >= 11 is 0. The van der Waals surface area contributed by atoms with Crippen LogP contribution in [0.3, 0.4) is 0 Å². The van der Waals surface area contributed by atoms with E-state index in [1.54, 1.807) is 21.3 Å². The van der Waals surface area contributed by atoms with Crippen molar-refractivity contribution in [2.24, 2.45) is 0 Å². The number of nitrogens with zero attached hydrogens (tertiary/aromatic N) is 2. The molecule has 108 valence electrons. The number of aromatic nitrogens is 2. The molecule has 0 radical (unpaired) electrons. The van der Waals surface area contributed by atoms with Gasteiger partial charge in [-0.05, 0) is 18.6 Å². The molecule has 0 saturated heterocycles. The molecule has 0 fully saturated rings. The van der Waals surface area contributed by atoms with Crippen molar-refractivity contribution in [2.75, 3.05) is 39.8 Å². The van der Waals surface area contributed by atoms with E-state index in [1.165, 1.54) is 6.33 Å². The van der Waals surface area contributed by atoms with Gasteiger partial charge in [-0.1, -0.05) is 0 Å². The molecule has 0 unspecified atom stereocenters. The van der Waals surface area contributed by atoms with E-state index in [2.05, 4.69) is 15.3 Å². The monoisotopic (exact) mass is 277 g/mol. The van der Waals surface area contributed by atoms with Crippen molar-refractivity contribution in [3.05, 3.63) is 18.5 Å². The molecule has 2 aromatic rings. The summed E-state index contributed by atoms with van der Waals surface area (Å²) in [5.41, 5.74) is 0.732. The smallest absolute Gasteiger partial charge is 0.187 e. The lowest BCUT2D eigenvalue weighted by molar-refractivity contribution is 0.198. The second-order valence-electron chi connectivity index (χ2n) is 4.19. The molecule has 0 bridgehead atoms. The molecule has 1 N–H and O–H groups in total. The molecule has 6 heteroatoms. The highest BCUT2D eigenvalue weighted by Crippen LogP contribution is 2.35. The van der Waals surface area contributed by atoms with Crippen LogP contribution in [0.25, 0.3) is 10.9 Å². The maximum Gasteiger partial charge on any atom is 0.187 e. The van der Waals surface area contributed by atoms with E-state index >= 15 is 0 Å². The van der Waals surface area contributed by atoms with Gasteiger partial charge in [0.2, 0.25) is 0 Å². The van der Waals surface area contributed by atoms with Gasteiger partial charge in [0.05, 0.1) is 14.2 Å². The van der Waals surface area contributed by atoms with Gasteiger partial charge in [-0.3, -0.25) is 0 Å².